The lowest BCUT2D eigenvalue weighted by Crippen LogP contribution is -2.43. The number of carbonyl (C=O) groups excluding carboxylic acids is 1. The molecule has 0 amide bonds. The topological polar surface area (TPSA) is 44.8 Å². The first-order valence-electron chi connectivity index (χ1n) is 5.28. The van der Waals surface area contributed by atoms with Crippen molar-refractivity contribution in [3.63, 3.8) is 0 Å². The van der Waals surface area contributed by atoms with Crippen molar-refractivity contribution >= 4 is 5.78 Å². The van der Waals surface area contributed by atoms with Crippen molar-refractivity contribution < 1.29 is 19.0 Å². The van der Waals surface area contributed by atoms with Crippen LogP contribution in [0.4, 0.5) is 0 Å². The first kappa shape index (κ1) is 14.6. The minimum absolute atomic E-state index is 0.0475. The van der Waals surface area contributed by atoms with Crippen LogP contribution in [0.2, 0.25) is 0 Å². The number of ketones is 1. The molecule has 0 radical (unpaired) electrons. The lowest BCUT2D eigenvalue weighted by molar-refractivity contribution is -0.140. The van der Waals surface area contributed by atoms with Gasteiger partial charge in [0.1, 0.15) is 5.78 Å². The minimum Gasteiger partial charge on any atom is -0.383 e. The third-order valence-electron chi connectivity index (χ3n) is 2.33. The lowest BCUT2D eigenvalue weighted by atomic mass is 9.86. The Labute approximate surface area is 91.9 Å². The van der Waals surface area contributed by atoms with Gasteiger partial charge in [0, 0.05) is 20.3 Å². The molecule has 0 aliphatic heterocycles. The molecule has 0 aromatic heterocycles. The highest BCUT2D eigenvalue weighted by atomic mass is 16.5. The zero-order valence-electron chi connectivity index (χ0n) is 10.2. The lowest BCUT2D eigenvalue weighted by Gasteiger charge is -2.29. The molecule has 0 rings (SSSR count). The van der Waals surface area contributed by atoms with Gasteiger partial charge in [-0.1, -0.05) is 0 Å². The fourth-order valence-electron chi connectivity index (χ4n) is 1.30. The zero-order chi connectivity index (χ0) is 11.7. The van der Waals surface area contributed by atoms with Crippen molar-refractivity contribution in [1.82, 2.24) is 0 Å². The van der Waals surface area contributed by atoms with E-state index in [0.717, 1.165) is 0 Å². The first-order chi connectivity index (χ1) is 7.13. The van der Waals surface area contributed by atoms with Crippen LogP contribution in [0, 0.1) is 5.41 Å². The molecule has 0 saturated carbocycles. The van der Waals surface area contributed by atoms with E-state index in [9.17, 15) is 4.79 Å². The molecule has 0 atom stereocenters. The van der Waals surface area contributed by atoms with E-state index in [1.165, 1.54) is 0 Å². The van der Waals surface area contributed by atoms with Gasteiger partial charge in [-0.3, -0.25) is 4.79 Å². The van der Waals surface area contributed by atoms with Crippen molar-refractivity contribution in [3.8, 4) is 0 Å². The van der Waals surface area contributed by atoms with Gasteiger partial charge in [-0.15, -0.1) is 0 Å². The molecular weight excluding hydrogens is 196 g/mol. The number of ether oxygens (including phenoxy) is 3. The largest absolute Gasteiger partial charge is 0.383 e. The third-order valence-corrected chi connectivity index (χ3v) is 2.33. The Morgan fingerprint density at radius 3 is 1.80 bits per heavy atom. The number of carbonyl (C=O) groups is 1. The number of hydrogen-bond acceptors (Lipinski definition) is 4. The highest BCUT2D eigenvalue weighted by Gasteiger charge is 2.36. The molecule has 0 aromatic carbocycles. The minimum atomic E-state index is -0.652. The molecule has 0 bridgehead atoms. The van der Waals surface area contributed by atoms with E-state index in [1.807, 2.05) is 13.8 Å². The highest BCUT2D eigenvalue weighted by Crippen LogP contribution is 2.20. The van der Waals surface area contributed by atoms with E-state index >= 15 is 0 Å². The van der Waals surface area contributed by atoms with Crippen molar-refractivity contribution in [2.45, 2.75) is 20.8 Å². The highest BCUT2D eigenvalue weighted by molar-refractivity contribution is 5.82. The Morgan fingerprint density at radius 1 is 1.07 bits per heavy atom. The molecule has 0 unspecified atom stereocenters. The van der Waals surface area contributed by atoms with Crippen LogP contribution in [-0.2, 0) is 19.0 Å². The number of rotatable bonds is 9. The second-order valence-electron chi connectivity index (χ2n) is 3.54. The Kier molecular flexibility index (Phi) is 7.56. The molecule has 0 N–H and O–H groups in total. The standard InChI is InChI=1S/C11H22O4/c1-5-14-8-11(7-13-4,10(3)12)9-15-6-2/h5-9H2,1-4H3. The molecule has 4 heteroatoms. The SMILES string of the molecule is CCOCC(COC)(COCC)C(C)=O. The second-order valence-corrected chi connectivity index (χ2v) is 3.54. The summed E-state index contributed by atoms with van der Waals surface area (Å²) in [5.41, 5.74) is -0.652. The second kappa shape index (κ2) is 7.79. The summed E-state index contributed by atoms with van der Waals surface area (Å²) in [6.45, 7) is 7.57. The van der Waals surface area contributed by atoms with Gasteiger partial charge < -0.3 is 14.2 Å². The Morgan fingerprint density at radius 2 is 1.53 bits per heavy atom. The molecule has 0 saturated heterocycles. The summed E-state index contributed by atoms with van der Waals surface area (Å²) in [5.74, 6) is 0.0475. The Bertz CT molecular complexity index is 171. The first-order valence-corrected chi connectivity index (χ1v) is 5.28. The average molecular weight is 218 g/mol. The molecule has 0 aromatic rings. The van der Waals surface area contributed by atoms with E-state index in [4.69, 9.17) is 14.2 Å². The molecule has 0 aliphatic rings. The summed E-state index contributed by atoms with van der Waals surface area (Å²) in [7, 11) is 1.58. The van der Waals surface area contributed by atoms with Gasteiger partial charge in [0.15, 0.2) is 0 Å². The quantitative estimate of drug-likeness (QED) is 0.585. The van der Waals surface area contributed by atoms with Crippen molar-refractivity contribution in [2.24, 2.45) is 5.41 Å². The van der Waals surface area contributed by atoms with Gasteiger partial charge in [-0.2, -0.15) is 0 Å². The van der Waals surface area contributed by atoms with Gasteiger partial charge in [0.05, 0.1) is 25.2 Å². The fraction of sp³-hybridized carbons (Fsp3) is 0.909. The predicted octanol–water partition coefficient (Wildman–Crippen LogP) is 1.28. The molecule has 15 heavy (non-hydrogen) atoms. The Balaban J connectivity index is 4.48. The van der Waals surface area contributed by atoms with Crippen LogP contribution < -0.4 is 0 Å². The van der Waals surface area contributed by atoms with Crippen molar-refractivity contribution in [1.29, 1.82) is 0 Å². The normalized spacial score (nSPS) is 11.7. The van der Waals surface area contributed by atoms with Crippen LogP contribution in [0.3, 0.4) is 0 Å². The summed E-state index contributed by atoms with van der Waals surface area (Å²) >= 11 is 0. The molecule has 0 spiro atoms. The van der Waals surface area contributed by atoms with E-state index in [2.05, 4.69) is 0 Å². The summed E-state index contributed by atoms with van der Waals surface area (Å²) < 4.78 is 15.7. The summed E-state index contributed by atoms with van der Waals surface area (Å²) in [6, 6.07) is 0. The van der Waals surface area contributed by atoms with Gasteiger partial charge in [-0.05, 0) is 20.8 Å². The van der Waals surface area contributed by atoms with Gasteiger partial charge in [0.2, 0.25) is 0 Å². The molecule has 0 aliphatic carbocycles. The zero-order valence-corrected chi connectivity index (χ0v) is 10.2. The van der Waals surface area contributed by atoms with Crippen LogP contribution in [0.25, 0.3) is 0 Å². The van der Waals surface area contributed by atoms with Gasteiger partial charge in [-0.25, -0.2) is 0 Å². The average Bonchev–Trinajstić information content (AvgIpc) is 2.22. The molecule has 0 fully saturated rings. The molecule has 90 valence electrons. The fourth-order valence-corrected chi connectivity index (χ4v) is 1.30. The van der Waals surface area contributed by atoms with Crippen molar-refractivity contribution in [3.05, 3.63) is 0 Å². The van der Waals surface area contributed by atoms with E-state index in [1.54, 1.807) is 14.0 Å². The maximum Gasteiger partial charge on any atom is 0.142 e. The van der Waals surface area contributed by atoms with E-state index < -0.39 is 5.41 Å². The third kappa shape index (κ3) is 4.73. The van der Waals surface area contributed by atoms with E-state index in [0.29, 0.717) is 33.0 Å². The summed E-state index contributed by atoms with van der Waals surface area (Å²) in [6.07, 6.45) is 0. The number of Topliss-reactive ketones (excluding diaryl/α,β-unsaturated/α-hetero) is 1. The number of methoxy groups -OCH3 is 1. The van der Waals surface area contributed by atoms with Crippen LogP contribution in [0.5, 0.6) is 0 Å². The molecule has 0 heterocycles. The molecular formula is C11H22O4. The van der Waals surface area contributed by atoms with Gasteiger partial charge in [0.25, 0.3) is 0 Å². The van der Waals surface area contributed by atoms with Crippen LogP contribution in [-0.4, -0.2) is 45.9 Å². The molecule has 4 nitrogen and oxygen atoms in total. The van der Waals surface area contributed by atoms with Crippen LogP contribution in [0.15, 0.2) is 0 Å². The smallest absolute Gasteiger partial charge is 0.142 e. The van der Waals surface area contributed by atoms with Crippen LogP contribution in [0.1, 0.15) is 20.8 Å². The maximum absolute atomic E-state index is 11.6. The Hall–Kier alpha value is -0.450. The van der Waals surface area contributed by atoms with Crippen molar-refractivity contribution in [2.75, 3.05) is 40.1 Å². The van der Waals surface area contributed by atoms with Gasteiger partial charge >= 0.3 is 0 Å². The number of hydrogen-bond donors (Lipinski definition) is 0. The summed E-state index contributed by atoms with van der Waals surface area (Å²) in [4.78, 5) is 11.6. The predicted molar refractivity (Wildman–Crippen MR) is 58.0 cm³/mol. The maximum atomic E-state index is 11.6. The van der Waals surface area contributed by atoms with E-state index in [-0.39, 0.29) is 5.78 Å². The van der Waals surface area contributed by atoms with Crippen LogP contribution >= 0.6 is 0 Å². The summed E-state index contributed by atoms with van der Waals surface area (Å²) in [5, 5.41) is 0. The monoisotopic (exact) mass is 218 g/mol.